The van der Waals surface area contributed by atoms with Crippen LogP contribution in [0.25, 0.3) is 11.0 Å². The summed E-state index contributed by atoms with van der Waals surface area (Å²) in [7, 11) is 0. The second-order valence-corrected chi connectivity index (χ2v) is 4.96. The summed E-state index contributed by atoms with van der Waals surface area (Å²) in [5.41, 5.74) is 3.90. The van der Waals surface area contributed by atoms with Crippen LogP contribution < -0.4 is 14.9 Å². The maximum absolute atomic E-state index is 12.0. The van der Waals surface area contributed by atoms with Gasteiger partial charge < -0.3 is 13.9 Å². The van der Waals surface area contributed by atoms with Crippen LogP contribution in [0.3, 0.4) is 0 Å². The molecule has 0 unspecified atom stereocenters. The fourth-order valence-corrected chi connectivity index (χ4v) is 2.31. The topological polar surface area (TPSA) is 73.1 Å². The first-order chi connectivity index (χ1) is 11.3. The zero-order valence-electron chi connectivity index (χ0n) is 12.0. The summed E-state index contributed by atoms with van der Waals surface area (Å²) >= 11 is 0. The zero-order chi connectivity index (χ0) is 15.6. The van der Waals surface area contributed by atoms with Gasteiger partial charge >= 0.3 is 5.91 Å². The molecule has 0 bridgehead atoms. The Morgan fingerprint density at radius 3 is 2.87 bits per heavy atom. The summed E-state index contributed by atoms with van der Waals surface area (Å²) < 4.78 is 16.0. The van der Waals surface area contributed by atoms with Crippen LogP contribution >= 0.6 is 0 Å². The minimum Gasteiger partial charge on any atom is -0.454 e. The van der Waals surface area contributed by atoms with Crippen LogP contribution in [-0.4, -0.2) is 18.9 Å². The van der Waals surface area contributed by atoms with Gasteiger partial charge in [0.2, 0.25) is 6.79 Å². The van der Waals surface area contributed by atoms with E-state index in [-0.39, 0.29) is 12.6 Å². The van der Waals surface area contributed by atoms with E-state index in [0.29, 0.717) is 17.1 Å². The lowest BCUT2D eigenvalue weighted by Gasteiger charge is -1.98. The lowest BCUT2D eigenvalue weighted by Crippen LogP contribution is -2.16. The number of furan rings is 1. The number of ether oxygens (including phenoxy) is 2. The Bertz CT molecular complexity index is 881. The first-order valence-electron chi connectivity index (χ1n) is 7.01. The van der Waals surface area contributed by atoms with Crippen molar-refractivity contribution in [3.63, 3.8) is 0 Å². The highest BCUT2D eigenvalue weighted by Gasteiger charge is 2.13. The number of nitrogens with one attached hydrogen (secondary N) is 1. The van der Waals surface area contributed by atoms with Crippen LogP contribution in [0, 0.1) is 0 Å². The Hall–Kier alpha value is -3.28. The molecule has 1 amide bonds. The van der Waals surface area contributed by atoms with Crippen molar-refractivity contribution in [1.29, 1.82) is 0 Å². The first-order valence-corrected chi connectivity index (χ1v) is 7.01. The van der Waals surface area contributed by atoms with Crippen molar-refractivity contribution in [3.05, 3.63) is 59.9 Å². The number of benzene rings is 2. The molecule has 2 aromatic carbocycles. The number of hydrogen-bond donors (Lipinski definition) is 1. The average molecular weight is 308 g/mol. The molecule has 0 aliphatic carbocycles. The second-order valence-electron chi connectivity index (χ2n) is 4.96. The Morgan fingerprint density at radius 1 is 1.09 bits per heavy atom. The van der Waals surface area contributed by atoms with Gasteiger partial charge in [0, 0.05) is 5.39 Å². The molecule has 3 aromatic rings. The van der Waals surface area contributed by atoms with E-state index in [1.54, 1.807) is 18.2 Å². The number of fused-ring (bicyclic) bond motifs is 2. The van der Waals surface area contributed by atoms with Gasteiger partial charge in [0.15, 0.2) is 17.3 Å². The fourth-order valence-electron chi connectivity index (χ4n) is 2.31. The van der Waals surface area contributed by atoms with Gasteiger partial charge in [-0.2, -0.15) is 5.10 Å². The Morgan fingerprint density at radius 2 is 1.96 bits per heavy atom. The van der Waals surface area contributed by atoms with Crippen LogP contribution in [0.2, 0.25) is 0 Å². The third-order valence-corrected chi connectivity index (χ3v) is 3.43. The second kappa shape index (κ2) is 5.49. The van der Waals surface area contributed by atoms with Crippen molar-refractivity contribution in [2.75, 3.05) is 6.79 Å². The number of carbonyl (C=O) groups excluding carboxylic acids is 1. The fraction of sp³-hybridized carbons (Fsp3) is 0.0588. The van der Waals surface area contributed by atoms with E-state index >= 15 is 0 Å². The molecule has 0 atom stereocenters. The molecule has 1 N–H and O–H groups in total. The van der Waals surface area contributed by atoms with Crippen LogP contribution in [0.1, 0.15) is 16.1 Å². The van der Waals surface area contributed by atoms with Gasteiger partial charge in [-0.3, -0.25) is 4.79 Å². The van der Waals surface area contributed by atoms with Gasteiger partial charge in [-0.05, 0) is 35.9 Å². The van der Waals surface area contributed by atoms with E-state index in [1.807, 2.05) is 30.3 Å². The average Bonchev–Trinajstić information content (AvgIpc) is 3.20. The maximum Gasteiger partial charge on any atom is 0.307 e. The molecule has 6 heteroatoms. The van der Waals surface area contributed by atoms with E-state index in [9.17, 15) is 4.79 Å². The third-order valence-electron chi connectivity index (χ3n) is 3.43. The highest BCUT2D eigenvalue weighted by molar-refractivity contribution is 5.96. The summed E-state index contributed by atoms with van der Waals surface area (Å²) in [4.78, 5) is 12.0. The maximum atomic E-state index is 12.0. The SMILES string of the molecule is O=C(NN=Cc1ccc2c(c1)OCO2)c1cc2ccccc2o1. The smallest absolute Gasteiger partial charge is 0.307 e. The predicted molar refractivity (Wildman–Crippen MR) is 83.8 cm³/mol. The molecule has 0 saturated carbocycles. The molecular formula is C17H12N2O4. The molecule has 0 fully saturated rings. The molecule has 1 aliphatic rings. The summed E-state index contributed by atoms with van der Waals surface area (Å²) in [6.07, 6.45) is 1.53. The van der Waals surface area contributed by atoms with Gasteiger partial charge in [-0.25, -0.2) is 5.43 Å². The Labute approximate surface area is 131 Å². The highest BCUT2D eigenvalue weighted by atomic mass is 16.7. The molecule has 0 radical (unpaired) electrons. The number of nitrogens with zero attached hydrogens (tertiary/aromatic N) is 1. The van der Waals surface area contributed by atoms with E-state index in [1.165, 1.54) is 6.21 Å². The summed E-state index contributed by atoms with van der Waals surface area (Å²) in [5, 5.41) is 4.81. The molecular weight excluding hydrogens is 296 g/mol. The van der Waals surface area contributed by atoms with Gasteiger partial charge in [0.25, 0.3) is 0 Å². The van der Waals surface area contributed by atoms with Crippen molar-refractivity contribution >= 4 is 23.1 Å². The molecule has 6 nitrogen and oxygen atoms in total. The number of hydrogen-bond acceptors (Lipinski definition) is 5. The quantitative estimate of drug-likeness (QED) is 0.596. The molecule has 0 spiro atoms. The molecule has 4 rings (SSSR count). The third kappa shape index (κ3) is 2.62. The lowest BCUT2D eigenvalue weighted by molar-refractivity contribution is 0.0929. The zero-order valence-corrected chi connectivity index (χ0v) is 12.0. The molecule has 1 aromatic heterocycles. The van der Waals surface area contributed by atoms with Crippen molar-refractivity contribution in [1.82, 2.24) is 5.43 Å². The molecule has 2 heterocycles. The molecule has 23 heavy (non-hydrogen) atoms. The number of amides is 1. The van der Waals surface area contributed by atoms with Crippen LogP contribution in [0.5, 0.6) is 11.5 Å². The largest absolute Gasteiger partial charge is 0.454 e. The predicted octanol–water partition coefficient (Wildman–Crippen LogP) is 2.93. The van der Waals surface area contributed by atoms with Gasteiger partial charge in [-0.1, -0.05) is 18.2 Å². The van der Waals surface area contributed by atoms with Crippen molar-refractivity contribution in [2.24, 2.45) is 5.10 Å². The summed E-state index contributed by atoms with van der Waals surface area (Å²) in [6, 6.07) is 14.5. The normalized spacial score (nSPS) is 12.9. The van der Waals surface area contributed by atoms with Crippen molar-refractivity contribution < 1.29 is 18.7 Å². The van der Waals surface area contributed by atoms with Crippen molar-refractivity contribution in [3.8, 4) is 11.5 Å². The van der Waals surface area contributed by atoms with Gasteiger partial charge in [-0.15, -0.1) is 0 Å². The molecule has 0 saturated heterocycles. The number of carbonyl (C=O) groups is 1. The van der Waals surface area contributed by atoms with Crippen LogP contribution in [0.15, 0.2) is 58.0 Å². The summed E-state index contributed by atoms with van der Waals surface area (Å²) in [6.45, 7) is 0.221. The van der Waals surface area contributed by atoms with E-state index in [0.717, 1.165) is 10.9 Å². The Kier molecular flexibility index (Phi) is 3.20. The van der Waals surface area contributed by atoms with Gasteiger partial charge in [0.05, 0.1) is 6.21 Å². The van der Waals surface area contributed by atoms with Gasteiger partial charge in [0.1, 0.15) is 5.58 Å². The van der Waals surface area contributed by atoms with Crippen molar-refractivity contribution in [2.45, 2.75) is 0 Å². The van der Waals surface area contributed by atoms with Crippen LogP contribution in [0.4, 0.5) is 0 Å². The minimum atomic E-state index is -0.404. The molecule has 114 valence electrons. The Balaban J connectivity index is 1.46. The minimum absolute atomic E-state index is 0.217. The highest BCUT2D eigenvalue weighted by Crippen LogP contribution is 2.31. The number of hydrazone groups is 1. The van der Waals surface area contributed by atoms with E-state index in [4.69, 9.17) is 13.9 Å². The van der Waals surface area contributed by atoms with Crippen LogP contribution in [-0.2, 0) is 0 Å². The summed E-state index contributed by atoms with van der Waals surface area (Å²) in [5.74, 6) is 1.18. The monoisotopic (exact) mass is 308 g/mol. The van der Waals surface area contributed by atoms with E-state index < -0.39 is 5.91 Å². The first kappa shape index (κ1) is 13.4. The number of rotatable bonds is 3. The standard InChI is InChI=1S/C17H12N2O4/c20-17(16-8-12-3-1-2-4-13(12)23-16)19-18-9-11-5-6-14-15(7-11)22-10-21-14/h1-9H,10H2,(H,19,20). The van der Waals surface area contributed by atoms with E-state index in [2.05, 4.69) is 10.5 Å². The number of para-hydroxylation sites is 1. The lowest BCUT2D eigenvalue weighted by atomic mass is 10.2. The molecule has 1 aliphatic heterocycles.